The van der Waals surface area contributed by atoms with Crippen LogP contribution in [0.25, 0.3) is 34.7 Å². The molecular weight excluding hydrogens is 306 g/mol. The molecule has 2 heteroatoms. The average Bonchev–Trinajstić information content (AvgIpc) is 3.13. The Hall–Kier alpha value is -3.39. The fourth-order valence-corrected chi connectivity index (χ4v) is 2.72. The topological polar surface area (TPSA) is 26.0 Å². The van der Waals surface area contributed by atoms with Gasteiger partial charge in [-0.1, -0.05) is 91.0 Å². The predicted octanol–water partition coefficient (Wildman–Crippen LogP) is 6.18. The van der Waals surface area contributed by atoms with Crippen LogP contribution in [0.4, 0.5) is 0 Å². The number of oxazole rings is 1. The van der Waals surface area contributed by atoms with Crippen molar-refractivity contribution in [2.24, 2.45) is 0 Å². The summed E-state index contributed by atoms with van der Waals surface area (Å²) in [6.07, 6.45) is 3.92. The highest BCUT2D eigenvalue weighted by molar-refractivity contribution is 5.78. The van der Waals surface area contributed by atoms with E-state index in [1.165, 1.54) is 0 Å². The zero-order chi connectivity index (χ0) is 16.9. The van der Waals surface area contributed by atoms with Crippen LogP contribution in [-0.4, -0.2) is 4.98 Å². The van der Waals surface area contributed by atoms with Crippen molar-refractivity contribution in [3.8, 4) is 22.6 Å². The molecule has 3 aromatic carbocycles. The largest absolute Gasteiger partial charge is 0.436 e. The van der Waals surface area contributed by atoms with E-state index >= 15 is 0 Å². The van der Waals surface area contributed by atoms with Crippen LogP contribution in [-0.2, 0) is 0 Å². The molecule has 25 heavy (non-hydrogen) atoms. The second-order valence-electron chi connectivity index (χ2n) is 5.71. The van der Waals surface area contributed by atoms with E-state index in [2.05, 4.69) is 24.3 Å². The lowest BCUT2D eigenvalue weighted by Crippen LogP contribution is -1.81. The van der Waals surface area contributed by atoms with Crippen molar-refractivity contribution in [2.75, 3.05) is 0 Å². The molecule has 0 atom stereocenters. The summed E-state index contributed by atoms with van der Waals surface area (Å²) in [4.78, 5) is 4.72. The summed E-state index contributed by atoms with van der Waals surface area (Å²) in [7, 11) is 0. The summed E-state index contributed by atoms with van der Waals surface area (Å²) in [6, 6.07) is 30.4. The van der Waals surface area contributed by atoms with Crippen LogP contribution in [0.15, 0.2) is 95.4 Å². The lowest BCUT2D eigenvalue weighted by atomic mass is 10.1. The standard InChI is InChI=1S/C23H17NO/c1-4-10-18(11-5-1)16-17-21-24-22(19-12-6-2-7-13-19)23(25-21)20-14-8-3-9-15-20/h1-17H. The molecular formula is C23H17NO. The number of nitrogens with zero attached hydrogens (tertiary/aromatic N) is 1. The van der Waals surface area contributed by atoms with Gasteiger partial charge in [0.15, 0.2) is 5.76 Å². The number of benzene rings is 3. The Morgan fingerprint density at radius 3 is 1.80 bits per heavy atom. The van der Waals surface area contributed by atoms with E-state index in [0.717, 1.165) is 28.1 Å². The van der Waals surface area contributed by atoms with Crippen LogP contribution in [0.3, 0.4) is 0 Å². The summed E-state index contributed by atoms with van der Waals surface area (Å²) in [5.74, 6) is 1.39. The minimum atomic E-state index is 0.599. The number of rotatable bonds is 4. The van der Waals surface area contributed by atoms with Crippen LogP contribution < -0.4 is 0 Å². The molecule has 0 saturated heterocycles. The number of hydrogen-bond donors (Lipinski definition) is 0. The van der Waals surface area contributed by atoms with Gasteiger partial charge in [-0.05, 0) is 11.6 Å². The Bertz CT molecular complexity index is 914. The van der Waals surface area contributed by atoms with E-state index in [-0.39, 0.29) is 0 Å². The first-order valence-electron chi connectivity index (χ1n) is 8.25. The molecule has 4 rings (SSSR count). The third-order valence-corrected chi connectivity index (χ3v) is 3.94. The molecule has 0 fully saturated rings. The minimum Gasteiger partial charge on any atom is -0.436 e. The molecule has 0 aliphatic heterocycles. The highest BCUT2D eigenvalue weighted by atomic mass is 16.4. The quantitative estimate of drug-likeness (QED) is 0.448. The smallest absolute Gasteiger partial charge is 0.220 e. The van der Waals surface area contributed by atoms with Crippen molar-refractivity contribution in [3.63, 3.8) is 0 Å². The van der Waals surface area contributed by atoms with Crippen molar-refractivity contribution in [2.45, 2.75) is 0 Å². The van der Waals surface area contributed by atoms with E-state index in [0.29, 0.717) is 5.89 Å². The summed E-state index contributed by atoms with van der Waals surface area (Å²) in [5, 5.41) is 0. The van der Waals surface area contributed by atoms with Gasteiger partial charge in [0, 0.05) is 17.2 Å². The first-order chi connectivity index (χ1) is 12.4. The van der Waals surface area contributed by atoms with Gasteiger partial charge in [0.2, 0.25) is 5.89 Å². The first-order valence-corrected chi connectivity index (χ1v) is 8.25. The maximum Gasteiger partial charge on any atom is 0.220 e. The van der Waals surface area contributed by atoms with Gasteiger partial charge >= 0.3 is 0 Å². The Labute approximate surface area is 147 Å². The summed E-state index contributed by atoms with van der Waals surface area (Å²) in [5.41, 5.74) is 4.04. The van der Waals surface area contributed by atoms with Crippen LogP contribution in [0.5, 0.6) is 0 Å². The summed E-state index contributed by atoms with van der Waals surface area (Å²) in [6.45, 7) is 0. The van der Waals surface area contributed by atoms with Crippen molar-refractivity contribution < 1.29 is 4.42 Å². The second-order valence-corrected chi connectivity index (χ2v) is 5.71. The van der Waals surface area contributed by atoms with Crippen LogP contribution in [0.2, 0.25) is 0 Å². The molecule has 0 spiro atoms. The lowest BCUT2D eigenvalue weighted by Gasteiger charge is -2.00. The van der Waals surface area contributed by atoms with E-state index < -0.39 is 0 Å². The minimum absolute atomic E-state index is 0.599. The highest BCUT2D eigenvalue weighted by Gasteiger charge is 2.15. The normalized spacial score (nSPS) is 11.0. The van der Waals surface area contributed by atoms with E-state index in [1.54, 1.807) is 0 Å². The van der Waals surface area contributed by atoms with Crippen LogP contribution in [0.1, 0.15) is 11.5 Å². The molecule has 2 nitrogen and oxygen atoms in total. The van der Waals surface area contributed by atoms with E-state index in [1.807, 2.05) is 78.9 Å². The zero-order valence-electron chi connectivity index (χ0n) is 13.7. The van der Waals surface area contributed by atoms with E-state index in [9.17, 15) is 0 Å². The molecule has 0 radical (unpaired) electrons. The maximum absolute atomic E-state index is 6.08. The molecule has 0 N–H and O–H groups in total. The fraction of sp³-hybridized carbons (Fsp3) is 0. The summed E-state index contributed by atoms with van der Waals surface area (Å²) < 4.78 is 6.08. The maximum atomic E-state index is 6.08. The number of hydrogen-bond acceptors (Lipinski definition) is 2. The Balaban J connectivity index is 1.77. The second kappa shape index (κ2) is 7.02. The van der Waals surface area contributed by atoms with Gasteiger partial charge in [0.25, 0.3) is 0 Å². The monoisotopic (exact) mass is 323 g/mol. The molecule has 0 saturated carbocycles. The molecule has 120 valence electrons. The Morgan fingerprint density at radius 2 is 1.16 bits per heavy atom. The SMILES string of the molecule is C(=Cc1nc(-c2ccccc2)c(-c2ccccc2)o1)c1ccccc1. The molecule has 0 aliphatic carbocycles. The Morgan fingerprint density at radius 1 is 0.600 bits per heavy atom. The lowest BCUT2D eigenvalue weighted by molar-refractivity contribution is 0.561. The molecule has 1 aromatic heterocycles. The van der Waals surface area contributed by atoms with E-state index in [4.69, 9.17) is 9.40 Å². The van der Waals surface area contributed by atoms with Gasteiger partial charge in [-0.2, -0.15) is 0 Å². The first kappa shape index (κ1) is 15.2. The highest BCUT2D eigenvalue weighted by Crippen LogP contribution is 2.33. The van der Waals surface area contributed by atoms with Gasteiger partial charge in [-0.25, -0.2) is 4.98 Å². The number of aromatic nitrogens is 1. The molecule has 4 aromatic rings. The average molecular weight is 323 g/mol. The van der Waals surface area contributed by atoms with Crippen LogP contribution in [0, 0.1) is 0 Å². The van der Waals surface area contributed by atoms with Crippen molar-refractivity contribution in [3.05, 3.63) is 102 Å². The molecule has 1 heterocycles. The molecule has 0 unspecified atom stereocenters. The zero-order valence-corrected chi connectivity index (χ0v) is 13.7. The van der Waals surface area contributed by atoms with Gasteiger partial charge < -0.3 is 4.42 Å². The third kappa shape index (κ3) is 3.43. The van der Waals surface area contributed by atoms with Crippen molar-refractivity contribution in [1.82, 2.24) is 4.98 Å². The predicted molar refractivity (Wildman–Crippen MR) is 103 cm³/mol. The van der Waals surface area contributed by atoms with Gasteiger partial charge in [0.05, 0.1) is 0 Å². The van der Waals surface area contributed by atoms with Crippen molar-refractivity contribution >= 4 is 12.2 Å². The summed E-state index contributed by atoms with van der Waals surface area (Å²) >= 11 is 0. The van der Waals surface area contributed by atoms with Gasteiger partial charge in [-0.3, -0.25) is 0 Å². The molecule has 0 amide bonds. The molecule has 0 aliphatic rings. The molecule has 0 bridgehead atoms. The van der Waals surface area contributed by atoms with Crippen LogP contribution >= 0.6 is 0 Å². The van der Waals surface area contributed by atoms with Crippen molar-refractivity contribution in [1.29, 1.82) is 0 Å². The fourth-order valence-electron chi connectivity index (χ4n) is 2.72. The Kier molecular flexibility index (Phi) is 4.25. The third-order valence-electron chi connectivity index (χ3n) is 3.94. The van der Waals surface area contributed by atoms with Gasteiger partial charge in [0.1, 0.15) is 5.69 Å². The van der Waals surface area contributed by atoms with Gasteiger partial charge in [-0.15, -0.1) is 0 Å².